The Kier molecular flexibility index (Phi) is 11.9. The van der Waals surface area contributed by atoms with Gasteiger partial charge in [-0.25, -0.2) is 4.98 Å². The molecule has 1 aromatic rings. The van der Waals surface area contributed by atoms with E-state index >= 15 is 0 Å². The molecular weight excluding hydrogens is 397 g/mol. The minimum Gasteiger partial charge on any atom is -0.355 e. The number of aryl methyl sites for hydroxylation is 1. The van der Waals surface area contributed by atoms with Crippen LogP contribution in [0, 0.1) is 0 Å². The van der Waals surface area contributed by atoms with Crippen molar-refractivity contribution >= 4 is 41.3 Å². The molecule has 0 fully saturated rings. The van der Waals surface area contributed by atoms with Gasteiger partial charge in [0.05, 0.1) is 6.54 Å². The quantitative estimate of drug-likeness (QED) is 0.382. The van der Waals surface area contributed by atoms with E-state index in [0.29, 0.717) is 0 Å². The summed E-state index contributed by atoms with van der Waals surface area (Å²) in [6.07, 6.45) is 3.01. The Hall–Kier alpha value is -0.410. The zero-order chi connectivity index (χ0) is 14.8. The molecule has 0 aliphatic rings. The van der Waals surface area contributed by atoms with Gasteiger partial charge < -0.3 is 15.5 Å². The lowest BCUT2D eigenvalue weighted by atomic mass is 10.4. The highest BCUT2D eigenvalue weighted by Crippen LogP contribution is 2.12. The molecule has 0 amide bonds. The van der Waals surface area contributed by atoms with Gasteiger partial charge in [-0.05, 0) is 19.5 Å². The fourth-order valence-corrected chi connectivity index (χ4v) is 2.65. The first-order valence-corrected chi connectivity index (χ1v) is 8.15. The maximum absolute atomic E-state index is 4.39. The number of thiazole rings is 1. The first-order valence-electron chi connectivity index (χ1n) is 7.33. The fourth-order valence-electron chi connectivity index (χ4n) is 1.85. The van der Waals surface area contributed by atoms with E-state index in [2.05, 4.69) is 46.3 Å². The van der Waals surface area contributed by atoms with Gasteiger partial charge in [-0.3, -0.25) is 4.99 Å². The molecule has 0 aromatic carbocycles. The van der Waals surface area contributed by atoms with E-state index in [0.717, 1.165) is 50.1 Å². The standard InChI is InChI=1S/C14H27N5S.HI/c1-5-12-10-17-13(20-12)11-18-14(15-4)16-8-9-19(6-2)7-3;/h10H,5-9,11H2,1-4H3,(H2,15,16,18);1H. The zero-order valence-electron chi connectivity index (χ0n) is 13.5. The Labute approximate surface area is 149 Å². The van der Waals surface area contributed by atoms with Crippen LogP contribution in [0.5, 0.6) is 0 Å². The molecule has 1 rings (SSSR count). The van der Waals surface area contributed by atoms with Crippen LogP contribution in [0.4, 0.5) is 0 Å². The summed E-state index contributed by atoms with van der Waals surface area (Å²) in [7, 11) is 1.80. The summed E-state index contributed by atoms with van der Waals surface area (Å²) in [6, 6.07) is 0. The fraction of sp³-hybridized carbons (Fsp3) is 0.714. The van der Waals surface area contributed by atoms with Gasteiger partial charge in [-0.2, -0.15) is 0 Å². The molecule has 0 radical (unpaired) electrons. The van der Waals surface area contributed by atoms with E-state index in [4.69, 9.17) is 0 Å². The Morgan fingerprint density at radius 1 is 1.29 bits per heavy atom. The lowest BCUT2D eigenvalue weighted by Gasteiger charge is -2.19. The highest BCUT2D eigenvalue weighted by Gasteiger charge is 2.03. The van der Waals surface area contributed by atoms with Gasteiger partial charge in [0, 0.05) is 31.2 Å². The number of aromatic nitrogens is 1. The highest BCUT2D eigenvalue weighted by atomic mass is 127. The summed E-state index contributed by atoms with van der Waals surface area (Å²) in [4.78, 5) is 12.3. The largest absolute Gasteiger partial charge is 0.355 e. The molecule has 0 unspecified atom stereocenters. The third-order valence-corrected chi connectivity index (χ3v) is 4.34. The Balaban J connectivity index is 0.00000400. The van der Waals surface area contributed by atoms with Crippen molar-refractivity contribution in [1.82, 2.24) is 20.5 Å². The topological polar surface area (TPSA) is 52.6 Å². The summed E-state index contributed by atoms with van der Waals surface area (Å²) < 4.78 is 0. The van der Waals surface area contributed by atoms with Crippen LogP contribution in [0.15, 0.2) is 11.2 Å². The zero-order valence-corrected chi connectivity index (χ0v) is 16.6. The van der Waals surface area contributed by atoms with Crippen molar-refractivity contribution in [1.29, 1.82) is 0 Å². The first kappa shape index (κ1) is 20.6. The Morgan fingerprint density at radius 3 is 2.52 bits per heavy atom. The second-order valence-electron chi connectivity index (χ2n) is 4.45. The van der Waals surface area contributed by atoms with Gasteiger partial charge in [0.15, 0.2) is 5.96 Å². The molecule has 7 heteroatoms. The smallest absolute Gasteiger partial charge is 0.191 e. The maximum atomic E-state index is 4.39. The van der Waals surface area contributed by atoms with Crippen molar-refractivity contribution in [3.05, 3.63) is 16.1 Å². The molecule has 0 aliphatic heterocycles. The van der Waals surface area contributed by atoms with E-state index < -0.39 is 0 Å². The van der Waals surface area contributed by atoms with Crippen molar-refractivity contribution < 1.29 is 0 Å². The number of halogens is 1. The van der Waals surface area contributed by atoms with Crippen molar-refractivity contribution in [2.24, 2.45) is 4.99 Å². The third-order valence-electron chi connectivity index (χ3n) is 3.20. The van der Waals surface area contributed by atoms with E-state index in [1.807, 2.05) is 6.20 Å². The van der Waals surface area contributed by atoms with Gasteiger partial charge in [-0.1, -0.05) is 20.8 Å². The van der Waals surface area contributed by atoms with Crippen molar-refractivity contribution in [2.45, 2.75) is 33.7 Å². The van der Waals surface area contributed by atoms with Gasteiger partial charge >= 0.3 is 0 Å². The predicted octanol–water partition coefficient (Wildman–Crippen LogP) is 2.33. The van der Waals surface area contributed by atoms with Crippen LogP contribution in [0.1, 0.15) is 30.7 Å². The maximum Gasteiger partial charge on any atom is 0.191 e. The third kappa shape index (κ3) is 7.96. The van der Waals surface area contributed by atoms with Crippen LogP contribution in [0.25, 0.3) is 0 Å². The molecule has 1 aromatic heterocycles. The van der Waals surface area contributed by atoms with Crippen molar-refractivity contribution in [3.63, 3.8) is 0 Å². The van der Waals surface area contributed by atoms with Gasteiger partial charge in [-0.15, -0.1) is 35.3 Å². The first-order chi connectivity index (χ1) is 9.73. The van der Waals surface area contributed by atoms with Crippen LogP contribution < -0.4 is 10.6 Å². The number of guanidine groups is 1. The molecular formula is C14H28IN5S. The van der Waals surface area contributed by atoms with Crippen LogP contribution in [0.2, 0.25) is 0 Å². The van der Waals surface area contributed by atoms with Crippen LogP contribution in [-0.2, 0) is 13.0 Å². The summed E-state index contributed by atoms with van der Waals surface area (Å²) in [6.45, 7) is 11.4. The monoisotopic (exact) mass is 425 g/mol. The van der Waals surface area contributed by atoms with Crippen molar-refractivity contribution in [3.8, 4) is 0 Å². The van der Waals surface area contributed by atoms with E-state index in [1.54, 1.807) is 18.4 Å². The average Bonchev–Trinajstić information content (AvgIpc) is 2.95. The summed E-state index contributed by atoms with van der Waals surface area (Å²) in [5.41, 5.74) is 0. The molecule has 1 heterocycles. The number of likely N-dealkylation sites (N-methyl/N-ethyl adjacent to an activating group) is 1. The van der Waals surface area contributed by atoms with Crippen LogP contribution in [-0.4, -0.2) is 49.1 Å². The number of hydrogen-bond acceptors (Lipinski definition) is 4. The SMILES string of the molecule is CCc1cnc(CNC(=NC)NCCN(CC)CC)s1.I. The second-order valence-corrected chi connectivity index (χ2v) is 5.65. The van der Waals surface area contributed by atoms with E-state index in [1.165, 1.54) is 4.88 Å². The number of rotatable bonds is 8. The highest BCUT2D eigenvalue weighted by molar-refractivity contribution is 14.0. The molecule has 0 saturated carbocycles. The van der Waals surface area contributed by atoms with Crippen molar-refractivity contribution in [2.75, 3.05) is 33.2 Å². The minimum atomic E-state index is 0. The van der Waals surface area contributed by atoms with Crippen LogP contribution >= 0.6 is 35.3 Å². The minimum absolute atomic E-state index is 0. The van der Waals surface area contributed by atoms with E-state index in [-0.39, 0.29) is 24.0 Å². The molecule has 2 N–H and O–H groups in total. The van der Waals surface area contributed by atoms with Crippen LogP contribution in [0.3, 0.4) is 0 Å². The number of aliphatic imine (C=N–C) groups is 1. The molecule has 122 valence electrons. The molecule has 0 aliphatic carbocycles. The molecule has 0 bridgehead atoms. The van der Waals surface area contributed by atoms with E-state index in [9.17, 15) is 0 Å². The Bertz CT molecular complexity index is 404. The molecule has 21 heavy (non-hydrogen) atoms. The molecule has 5 nitrogen and oxygen atoms in total. The Morgan fingerprint density at radius 2 is 2.00 bits per heavy atom. The lowest BCUT2D eigenvalue weighted by Crippen LogP contribution is -2.41. The van der Waals surface area contributed by atoms with Gasteiger partial charge in [0.1, 0.15) is 5.01 Å². The number of nitrogens with one attached hydrogen (secondary N) is 2. The summed E-state index contributed by atoms with van der Waals surface area (Å²) >= 11 is 1.76. The molecule has 0 atom stereocenters. The lowest BCUT2D eigenvalue weighted by molar-refractivity contribution is 0.308. The number of nitrogens with zero attached hydrogens (tertiary/aromatic N) is 3. The summed E-state index contributed by atoms with van der Waals surface area (Å²) in [5, 5.41) is 7.74. The molecule has 0 spiro atoms. The molecule has 0 saturated heterocycles. The van der Waals surface area contributed by atoms with Gasteiger partial charge in [0.25, 0.3) is 0 Å². The summed E-state index contributed by atoms with van der Waals surface area (Å²) in [5.74, 6) is 0.838. The predicted molar refractivity (Wildman–Crippen MR) is 103 cm³/mol. The van der Waals surface area contributed by atoms with Gasteiger partial charge in [0.2, 0.25) is 0 Å². The average molecular weight is 425 g/mol. The normalized spacial score (nSPS) is 11.4. The number of hydrogen-bond donors (Lipinski definition) is 2. The second kappa shape index (κ2) is 12.2.